The number of hydrogen-bond donors (Lipinski definition) is 0. The van der Waals surface area contributed by atoms with Gasteiger partial charge < -0.3 is 9.30 Å². The normalized spacial score (nSPS) is 17.1. The molecule has 138 valence electrons. The second kappa shape index (κ2) is 5.97. The first-order valence-corrected chi connectivity index (χ1v) is 8.72. The molecule has 0 N–H and O–H groups in total. The number of pyridine rings is 1. The van der Waals surface area contributed by atoms with Gasteiger partial charge in [-0.3, -0.25) is 9.59 Å². The molecule has 2 heterocycles. The predicted octanol–water partition coefficient (Wildman–Crippen LogP) is 3.63. The van der Waals surface area contributed by atoms with Crippen LogP contribution in [0.3, 0.4) is 0 Å². The molecule has 2 aromatic rings. The van der Waals surface area contributed by atoms with E-state index in [9.17, 15) is 14.4 Å². The highest BCUT2D eigenvalue weighted by Crippen LogP contribution is 2.39. The molecule has 6 heteroatoms. The van der Waals surface area contributed by atoms with E-state index in [0.29, 0.717) is 11.1 Å². The molecule has 1 aromatic carbocycles. The fourth-order valence-electron chi connectivity index (χ4n) is 3.55. The van der Waals surface area contributed by atoms with Crippen molar-refractivity contribution < 1.29 is 14.3 Å². The first-order chi connectivity index (χ1) is 12.0. The second-order valence-electron chi connectivity index (χ2n) is 8.01. The summed E-state index contributed by atoms with van der Waals surface area (Å²) in [6.07, 6.45) is -0.721. The maximum Gasteiger partial charge on any atom is 0.417 e. The van der Waals surface area contributed by atoms with Crippen molar-refractivity contribution in [1.82, 2.24) is 9.47 Å². The van der Waals surface area contributed by atoms with Crippen LogP contribution in [0.1, 0.15) is 56.7 Å². The van der Waals surface area contributed by atoms with Crippen LogP contribution in [-0.4, -0.2) is 27.1 Å². The summed E-state index contributed by atoms with van der Waals surface area (Å²) in [6.45, 7) is 9.08. The zero-order valence-corrected chi connectivity index (χ0v) is 16.0. The summed E-state index contributed by atoms with van der Waals surface area (Å²) in [5, 5.41) is 0.468. The fraction of sp³-hybridized carbons (Fsp3) is 0.450. The zero-order valence-electron chi connectivity index (χ0n) is 16.0. The smallest absolute Gasteiger partial charge is 0.417 e. The van der Waals surface area contributed by atoms with E-state index < -0.39 is 23.6 Å². The lowest BCUT2D eigenvalue weighted by atomic mass is 9.98. The molecular formula is C20H24N2O4. The SMILES string of the molecule is CC(C)[C@@H]1c2c(c(=O)c3ccccc3n2C)C(=O)N1C(=O)OC(C)(C)C. The van der Waals surface area contributed by atoms with Gasteiger partial charge in [0.25, 0.3) is 5.91 Å². The molecule has 0 unspecified atom stereocenters. The highest BCUT2D eigenvalue weighted by Gasteiger charge is 2.47. The monoisotopic (exact) mass is 356 g/mol. The Kier molecular flexibility index (Phi) is 4.17. The van der Waals surface area contributed by atoms with Crippen molar-refractivity contribution in [3.63, 3.8) is 0 Å². The standard InChI is InChI=1S/C20H24N2O4/c1-11(2)15-16-14(18(24)22(15)19(25)26-20(3,4)5)17(23)12-9-7-8-10-13(12)21(16)6/h7-11,15H,1-6H3/t15-/m1/s1. The first kappa shape index (κ1) is 18.2. The van der Waals surface area contributed by atoms with E-state index in [1.807, 2.05) is 37.6 Å². The van der Waals surface area contributed by atoms with Crippen LogP contribution in [0.15, 0.2) is 29.1 Å². The van der Waals surface area contributed by atoms with E-state index in [1.54, 1.807) is 32.9 Å². The average Bonchev–Trinajstić information content (AvgIpc) is 2.85. The Morgan fingerprint density at radius 1 is 1.15 bits per heavy atom. The van der Waals surface area contributed by atoms with Gasteiger partial charge in [-0.05, 0) is 38.8 Å². The van der Waals surface area contributed by atoms with Crippen molar-refractivity contribution in [3.05, 3.63) is 45.7 Å². The van der Waals surface area contributed by atoms with Crippen LogP contribution >= 0.6 is 0 Å². The number of carbonyl (C=O) groups excluding carboxylic acids is 2. The van der Waals surface area contributed by atoms with Gasteiger partial charge in [0.2, 0.25) is 5.43 Å². The minimum Gasteiger partial charge on any atom is -0.443 e. The summed E-state index contributed by atoms with van der Waals surface area (Å²) in [6, 6.07) is 6.61. The van der Waals surface area contributed by atoms with Gasteiger partial charge in [-0.2, -0.15) is 0 Å². The largest absolute Gasteiger partial charge is 0.443 e. The maximum atomic E-state index is 13.1. The van der Waals surface area contributed by atoms with Gasteiger partial charge in [-0.15, -0.1) is 0 Å². The number of imide groups is 1. The van der Waals surface area contributed by atoms with E-state index in [0.717, 1.165) is 10.4 Å². The predicted molar refractivity (Wildman–Crippen MR) is 99.2 cm³/mol. The number of nitrogens with zero attached hydrogens (tertiary/aromatic N) is 2. The number of fused-ring (bicyclic) bond motifs is 2. The van der Waals surface area contributed by atoms with Crippen LogP contribution in [0.2, 0.25) is 0 Å². The van der Waals surface area contributed by atoms with Gasteiger partial charge in [0.1, 0.15) is 11.2 Å². The van der Waals surface area contributed by atoms with Gasteiger partial charge in [-0.1, -0.05) is 26.0 Å². The molecule has 0 radical (unpaired) electrons. The molecule has 1 atom stereocenters. The van der Waals surface area contributed by atoms with Crippen molar-refractivity contribution in [2.45, 2.75) is 46.3 Å². The van der Waals surface area contributed by atoms with Gasteiger partial charge in [0, 0.05) is 12.4 Å². The summed E-state index contributed by atoms with van der Waals surface area (Å²) in [7, 11) is 1.82. The van der Waals surface area contributed by atoms with Crippen LogP contribution in [0.25, 0.3) is 10.9 Å². The van der Waals surface area contributed by atoms with E-state index >= 15 is 0 Å². The van der Waals surface area contributed by atoms with Crippen molar-refractivity contribution >= 4 is 22.9 Å². The Morgan fingerprint density at radius 3 is 2.35 bits per heavy atom. The highest BCUT2D eigenvalue weighted by molar-refractivity contribution is 6.08. The number of rotatable bonds is 1. The molecule has 0 saturated heterocycles. The maximum absolute atomic E-state index is 13.1. The van der Waals surface area contributed by atoms with Crippen LogP contribution in [0.4, 0.5) is 4.79 Å². The third-order valence-corrected chi connectivity index (χ3v) is 4.57. The third kappa shape index (κ3) is 2.69. The molecule has 0 spiro atoms. The number of ether oxygens (including phenoxy) is 1. The van der Waals surface area contributed by atoms with Gasteiger partial charge in [-0.25, -0.2) is 9.69 Å². The van der Waals surface area contributed by atoms with E-state index in [4.69, 9.17) is 4.74 Å². The quantitative estimate of drug-likeness (QED) is 0.782. The lowest BCUT2D eigenvalue weighted by molar-refractivity contribution is 0.0148. The average molecular weight is 356 g/mol. The fourth-order valence-corrected chi connectivity index (χ4v) is 3.55. The van der Waals surface area contributed by atoms with Crippen molar-refractivity contribution in [1.29, 1.82) is 0 Å². The molecule has 1 aromatic heterocycles. The molecular weight excluding hydrogens is 332 g/mol. The summed E-state index contributed by atoms with van der Waals surface area (Å²) >= 11 is 0. The second-order valence-corrected chi connectivity index (χ2v) is 8.01. The molecule has 2 amide bonds. The molecule has 0 fully saturated rings. The Labute approximate surface area is 152 Å². The number of benzene rings is 1. The van der Waals surface area contributed by atoms with Gasteiger partial charge in [0.05, 0.1) is 17.3 Å². The Bertz CT molecular complexity index is 966. The lowest BCUT2D eigenvalue weighted by Gasteiger charge is -2.30. The van der Waals surface area contributed by atoms with Gasteiger partial charge >= 0.3 is 6.09 Å². The number of aromatic nitrogens is 1. The number of aryl methyl sites for hydroxylation is 1. The Morgan fingerprint density at radius 2 is 1.77 bits per heavy atom. The molecule has 26 heavy (non-hydrogen) atoms. The summed E-state index contributed by atoms with van der Waals surface area (Å²) < 4.78 is 7.28. The number of para-hydroxylation sites is 1. The van der Waals surface area contributed by atoms with Crippen molar-refractivity contribution in [3.8, 4) is 0 Å². The minimum absolute atomic E-state index is 0.0655. The molecule has 0 bridgehead atoms. The summed E-state index contributed by atoms with van der Waals surface area (Å²) in [5.41, 5.74) is 0.299. The van der Waals surface area contributed by atoms with Crippen LogP contribution in [0, 0.1) is 5.92 Å². The van der Waals surface area contributed by atoms with Crippen LogP contribution < -0.4 is 5.43 Å². The number of carbonyl (C=O) groups is 2. The van der Waals surface area contributed by atoms with E-state index in [2.05, 4.69) is 0 Å². The summed E-state index contributed by atoms with van der Waals surface area (Å²) in [5.74, 6) is -0.654. The lowest BCUT2D eigenvalue weighted by Crippen LogP contribution is -2.41. The molecule has 0 saturated carbocycles. The van der Waals surface area contributed by atoms with Crippen LogP contribution in [-0.2, 0) is 11.8 Å². The molecule has 1 aliphatic rings. The number of amides is 2. The van der Waals surface area contributed by atoms with Crippen molar-refractivity contribution in [2.24, 2.45) is 13.0 Å². The first-order valence-electron chi connectivity index (χ1n) is 8.72. The Balaban J connectivity index is 2.27. The minimum atomic E-state index is -0.735. The number of hydrogen-bond acceptors (Lipinski definition) is 4. The molecule has 0 aliphatic carbocycles. The van der Waals surface area contributed by atoms with Gasteiger partial charge in [0.15, 0.2) is 0 Å². The highest BCUT2D eigenvalue weighted by atomic mass is 16.6. The zero-order chi connectivity index (χ0) is 19.4. The molecule has 6 nitrogen and oxygen atoms in total. The topological polar surface area (TPSA) is 68.6 Å². The van der Waals surface area contributed by atoms with Crippen molar-refractivity contribution in [2.75, 3.05) is 0 Å². The van der Waals surface area contributed by atoms with E-state index in [1.165, 1.54) is 0 Å². The third-order valence-electron chi connectivity index (χ3n) is 4.57. The van der Waals surface area contributed by atoms with Crippen LogP contribution in [0.5, 0.6) is 0 Å². The Hall–Kier alpha value is -2.63. The summed E-state index contributed by atoms with van der Waals surface area (Å²) in [4.78, 5) is 39.9. The van der Waals surface area contributed by atoms with E-state index in [-0.39, 0.29) is 16.9 Å². The molecule has 3 rings (SSSR count). The molecule has 1 aliphatic heterocycles.